The molecule has 1 aromatic carbocycles. The molecule has 7 nitrogen and oxygen atoms in total. The number of thiophene rings is 1. The molecular formula is C24H20ClN5O2S2. The lowest BCUT2D eigenvalue weighted by atomic mass is 10.2. The molecule has 1 N–H and O–H groups in total. The van der Waals surface area contributed by atoms with Crippen molar-refractivity contribution in [3.8, 4) is 5.69 Å². The van der Waals surface area contributed by atoms with Crippen LogP contribution < -0.4 is 11.0 Å². The largest absolute Gasteiger partial charge is 0.272 e. The van der Waals surface area contributed by atoms with Crippen LogP contribution in [0.4, 0.5) is 0 Å². The molecule has 34 heavy (non-hydrogen) atoms. The zero-order valence-corrected chi connectivity index (χ0v) is 20.6. The van der Waals surface area contributed by atoms with Crippen LogP contribution in [0.2, 0.25) is 5.02 Å². The molecule has 0 fully saturated rings. The molecule has 0 unspecified atom stereocenters. The van der Waals surface area contributed by atoms with Gasteiger partial charge in [-0.3, -0.25) is 19.1 Å². The summed E-state index contributed by atoms with van der Waals surface area (Å²) in [4.78, 5) is 36.9. The molecule has 1 aliphatic carbocycles. The van der Waals surface area contributed by atoms with Crippen LogP contribution >= 0.6 is 34.7 Å². The Hall–Kier alpha value is -3.01. The molecule has 10 heteroatoms. The zero-order chi connectivity index (χ0) is 23.7. The van der Waals surface area contributed by atoms with Crippen LogP contribution in [0.25, 0.3) is 15.9 Å². The maximum absolute atomic E-state index is 13.6. The van der Waals surface area contributed by atoms with E-state index in [1.807, 2.05) is 19.1 Å². The monoisotopic (exact) mass is 509 g/mol. The quantitative estimate of drug-likeness (QED) is 0.177. The van der Waals surface area contributed by atoms with Crippen LogP contribution in [0.15, 0.2) is 63.8 Å². The van der Waals surface area contributed by atoms with E-state index in [1.54, 1.807) is 52.6 Å². The molecule has 4 aromatic rings. The second-order valence-electron chi connectivity index (χ2n) is 7.81. The van der Waals surface area contributed by atoms with Crippen molar-refractivity contribution in [2.24, 2.45) is 5.10 Å². The maximum Gasteiger partial charge on any atom is 0.267 e. The Labute approximate surface area is 208 Å². The van der Waals surface area contributed by atoms with Crippen LogP contribution in [0, 0.1) is 0 Å². The maximum atomic E-state index is 13.6. The third kappa shape index (κ3) is 4.51. The number of thioether (sulfide) groups is 1. The number of hydrazone groups is 1. The molecule has 1 aliphatic rings. The Kier molecular flexibility index (Phi) is 6.49. The second kappa shape index (κ2) is 9.69. The first-order valence-corrected chi connectivity index (χ1v) is 12.9. The minimum Gasteiger partial charge on any atom is -0.272 e. The Balaban J connectivity index is 1.44. The zero-order valence-electron chi connectivity index (χ0n) is 18.2. The highest BCUT2D eigenvalue weighted by Crippen LogP contribution is 2.36. The number of hydrogen-bond acceptors (Lipinski definition) is 7. The predicted octanol–water partition coefficient (Wildman–Crippen LogP) is 4.62. The lowest BCUT2D eigenvalue weighted by Crippen LogP contribution is -2.24. The van der Waals surface area contributed by atoms with Gasteiger partial charge in [0.15, 0.2) is 5.16 Å². The van der Waals surface area contributed by atoms with Crippen molar-refractivity contribution in [2.75, 3.05) is 5.75 Å². The van der Waals surface area contributed by atoms with Gasteiger partial charge in [-0.2, -0.15) is 5.10 Å². The second-order valence-corrected chi connectivity index (χ2v) is 10.3. The Bertz CT molecular complexity index is 1460. The SMILES string of the molecule is CC(=NNC(=O)CSc1nc2sc3c(c2c(=O)n1-c1ccc(Cl)cc1)CCC3)c1ccncc1. The van der Waals surface area contributed by atoms with Crippen molar-refractivity contribution < 1.29 is 4.79 Å². The van der Waals surface area contributed by atoms with Gasteiger partial charge in [-0.05, 0) is 68.1 Å². The highest BCUT2D eigenvalue weighted by molar-refractivity contribution is 7.99. The molecule has 0 atom stereocenters. The van der Waals surface area contributed by atoms with E-state index >= 15 is 0 Å². The van der Waals surface area contributed by atoms with Crippen molar-refractivity contribution in [3.05, 3.63) is 80.2 Å². The number of aromatic nitrogens is 3. The molecule has 5 rings (SSSR count). The molecule has 0 saturated carbocycles. The number of halogens is 1. The number of benzene rings is 1. The summed E-state index contributed by atoms with van der Waals surface area (Å²) in [6.07, 6.45) is 6.29. The lowest BCUT2D eigenvalue weighted by Gasteiger charge is -2.12. The summed E-state index contributed by atoms with van der Waals surface area (Å²) in [6.45, 7) is 1.81. The van der Waals surface area contributed by atoms with E-state index in [0.29, 0.717) is 27.0 Å². The van der Waals surface area contributed by atoms with Gasteiger partial charge in [0, 0.05) is 27.9 Å². The van der Waals surface area contributed by atoms with Gasteiger partial charge in [-0.1, -0.05) is 23.4 Å². The summed E-state index contributed by atoms with van der Waals surface area (Å²) in [6, 6.07) is 10.7. The van der Waals surface area contributed by atoms with Crippen molar-refractivity contribution in [2.45, 2.75) is 31.3 Å². The Morgan fingerprint density at radius 3 is 2.74 bits per heavy atom. The van der Waals surface area contributed by atoms with E-state index < -0.39 is 0 Å². The van der Waals surface area contributed by atoms with Gasteiger partial charge in [0.25, 0.3) is 11.5 Å². The minimum absolute atomic E-state index is 0.0593. The fourth-order valence-corrected chi connectivity index (χ4v) is 6.14. The van der Waals surface area contributed by atoms with Crippen LogP contribution in [0.5, 0.6) is 0 Å². The van der Waals surface area contributed by atoms with E-state index in [-0.39, 0.29) is 17.2 Å². The fraction of sp³-hybridized carbons (Fsp3) is 0.208. The van der Waals surface area contributed by atoms with Crippen LogP contribution in [-0.2, 0) is 17.6 Å². The van der Waals surface area contributed by atoms with Crippen molar-refractivity contribution in [1.29, 1.82) is 0 Å². The smallest absolute Gasteiger partial charge is 0.267 e. The predicted molar refractivity (Wildman–Crippen MR) is 138 cm³/mol. The number of hydrogen-bond donors (Lipinski definition) is 1. The summed E-state index contributed by atoms with van der Waals surface area (Å²) in [7, 11) is 0. The highest BCUT2D eigenvalue weighted by atomic mass is 35.5. The summed E-state index contributed by atoms with van der Waals surface area (Å²) in [5, 5.41) is 5.91. The summed E-state index contributed by atoms with van der Waals surface area (Å²) >= 11 is 8.85. The van der Waals surface area contributed by atoms with Gasteiger partial charge in [-0.25, -0.2) is 10.4 Å². The third-order valence-electron chi connectivity index (χ3n) is 5.57. The molecule has 3 aromatic heterocycles. The van der Waals surface area contributed by atoms with Gasteiger partial charge in [-0.15, -0.1) is 11.3 Å². The molecule has 0 bridgehead atoms. The first-order valence-electron chi connectivity index (χ1n) is 10.7. The van der Waals surface area contributed by atoms with Crippen molar-refractivity contribution in [3.63, 3.8) is 0 Å². The number of carbonyl (C=O) groups is 1. The van der Waals surface area contributed by atoms with E-state index in [9.17, 15) is 9.59 Å². The highest BCUT2D eigenvalue weighted by Gasteiger charge is 2.24. The molecule has 1 amide bonds. The number of nitrogens with one attached hydrogen (secondary N) is 1. The average molecular weight is 510 g/mol. The normalized spacial score (nSPS) is 13.3. The fourth-order valence-electron chi connectivity index (χ4n) is 3.91. The number of aryl methyl sites for hydroxylation is 2. The van der Waals surface area contributed by atoms with Crippen LogP contribution in [0.3, 0.4) is 0 Å². The van der Waals surface area contributed by atoms with Gasteiger partial charge in [0.1, 0.15) is 4.83 Å². The van der Waals surface area contributed by atoms with E-state index in [1.165, 1.54) is 16.6 Å². The van der Waals surface area contributed by atoms with Gasteiger partial charge >= 0.3 is 0 Å². The molecule has 0 radical (unpaired) electrons. The Morgan fingerprint density at radius 1 is 1.21 bits per heavy atom. The summed E-state index contributed by atoms with van der Waals surface area (Å²) < 4.78 is 1.58. The average Bonchev–Trinajstić information content (AvgIpc) is 3.44. The molecule has 172 valence electrons. The summed E-state index contributed by atoms with van der Waals surface area (Å²) in [5.41, 5.74) is 5.80. The lowest BCUT2D eigenvalue weighted by molar-refractivity contribution is -0.118. The number of pyridine rings is 1. The topological polar surface area (TPSA) is 89.2 Å². The van der Waals surface area contributed by atoms with Crippen molar-refractivity contribution >= 4 is 56.5 Å². The molecule has 0 saturated heterocycles. The number of amides is 1. The van der Waals surface area contributed by atoms with Crippen LogP contribution in [0.1, 0.15) is 29.3 Å². The standard InChI is InChI=1S/C24H20ClN5O2S2/c1-14(15-9-11-26-12-10-15)28-29-20(31)13-33-24-27-22-21(18-3-2-4-19(18)34-22)23(32)30(24)17-7-5-16(25)6-8-17/h5-12H,2-4,13H2,1H3,(H,29,31). The van der Waals surface area contributed by atoms with Gasteiger partial charge < -0.3 is 0 Å². The number of nitrogens with zero attached hydrogens (tertiary/aromatic N) is 4. The molecule has 0 spiro atoms. The van der Waals surface area contributed by atoms with E-state index in [4.69, 9.17) is 16.6 Å². The van der Waals surface area contributed by atoms with Gasteiger partial charge in [0.05, 0.1) is 22.5 Å². The molecular weight excluding hydrogens is 490 g/mol. The summed E-state index contributed by atoms with van der Waals surface area (Å²) in [5.74, 6) is -0.229. The first kappa shape index (κ1) is 22.8. The van der Waals surface area contributed by atoms with Crippen LogP contribution in [-0.4, -0.2) is 31.9 Å². The van der Waals surface area contributed by atoms with E-state index in [0.717, 1.165) is 35.2 Å². The molecule has 3 heterocycles. The minimum atomic E-state index is -0.288. The Morgan fingerprint density at radius 2 is 1.97 bits per heavy atom. The number of rotatable bonds is 6. The third-order valence-corrected chi connectivity index (χ3v) is 7.95. The van der Waals surface area contributed by atoms with E-state index in [2.05, 4.69) is 15.5 Å². The van der Waals surface area contributed by atoms with Gasteiger partial charge in [0.2, 0.25) is 0 Å². The van der Waals surface area contributed by atoms with Crippen molar-refractivity contribution in [1.82, 2.24) is 20.0 Å². The molecule has 0 aliphatic heterocycles. The number of fused-ring (bicyclic) bond motifs is 3. The number of carbonyl (C=O) groups excluding carboxylic acids is 1. The first-order chi connectivity index (χ1) is 16.5.